The molecule has 4 rings (SSSR count). The van der Waals surface area contributed by atoms with Gasteiger partial charge in [0.25, 0.3) is 5.91 Å². The Labute approximate surface area is 208 Å². The molecule has 0 spiro atoms. The molecule has 0 fully saturated rings. The number of rotatable bonds is 10. The zero-order valence-corrected chi connectivity index (χ0v) is 20.6. The van der Waals surface area contributed by atoms with Crippen molar-refractivity contribution in [2.45, 2.75) is 5.16 Å². The van der Waals surface area contributed by atoms with Crippen molar-refractivity contribution in [2.75, 3.05) is 33.6 Å². The number of thioether (sulfide) groups is 1. The lowest BCUT2D eigenvalue weighted by Crippen LogP contribution is -2.25. The Morgan fingerprint density at radius 2 is 1.31 bits per heavy atom. The first-order chi connectivity index (χ1) is 17.1. The van der Waals surface area contributed by atoms with Gasteiger partial charge in [0.05, 0.1) is 32.7 Å². The van der Waals surface area contributed by atoms with Gasteiger partial charge in [0, 0.05) is 29.0 Å². The first-order valence-corrected chi connectivity index (χ1v) is 12.0. The zero-order valence-electron chi connectivity index (χ0n) is 19.8. The molecule has 4 aromatic rings. The highest BCUT2D eigenvalue weighted by atomic mass is 32.2. The van der Waals surface area contributed by atoms with E-state index in [-0.39, 0.29) is 5.91 Å². The number of aromatic nitrogens is 2. The number of ether oxygens (including phenoxy) is 3. The second kappa shape index (κ2) is 11.5. The van der Waals surface area contributed by atoms with Crippen molar-refractivity contribution in [3.8, 4) is 39.8 Å². The number of nitrogens with one attached hydrogen (secondary N) is 2. The van der Waals surface area contributed by atoms with Crippen molar-refractivity contribution in [3.63, 3.8) is 0 Å². The van der Waals surface area contributed by atoms with Crippen molar-refractivity contribution >= 4 is 17.7 Å². The lowest BCUT2D eigenvalue weighted by atomic mass is 10.0. The van der Waals surface area contributed by atoms with Crippen LogP contribution in [0.5, 0.6) is 17.2 Å². The molecular weight excluding hydrogens is 462 g/mol. The fourth-order valence-corrected chi connectivity index (χ4v) is 4.23. The standard InChI is InChI=1S/C27H27N3O4S/c1-32-21-10-4-18(5-11-21)24-25(19-6-12-22(33-2)13-7-19)30-27(29-24)35-17-16-28-26(31)20-8-14-23(34-3)15-9-20/h4-15H,16-17H2,1-3H3,(H,28,31)(H,29,30). The van der Waals surface area contributed by atoms with Crippen molar-refractivity contribution in [2.24, 2.45) is 0 Å². The summed E-state index contributed by atoms with van der Waals surface area (Å²) in [6.45, 7) is 0.506. The highest BCUT2D eigenvalue weighted by Gasteiger charge is 2.15. The maximum atomic E-state index is 12.4. The van der Waals surface area contributed by atoms with Gasteiger partial charge in [0.2, 0.25) is 0 Å². The predicted octanol–water partition coefficient (Wildman–Crippen LogP) is 5.29. The molecule has 0 aliphatic heterocycles. The van der Waals surface area contributed by atoms with Crippen LogP contribution in [0, 0.1) is 0 Å². The fraction of sp³-hybridized carbons (Fsp3) is 0.185. The smallest absolute Gasteiger partial charge is 0.251 e. The molecule has 0 saturated heterocycles. The Balaban J connectivity index is 1.46. The normalized spacial score (nSPS) is 10.6. The summed E-state index contributed by atoms with van der Waals surface area (Å²) >= 11 is 1.55. The second-order valence-corrected chi connectivity index (χ2v) is 8.64. The van der Waals surface area contributed by atoms with Gasteiger partial charge in [-0.15, -0.1) is 0 Å². The Morgan fingerprint density at radius 3 is 1.86 bits per heavy atom. The summed E-state index contributed by atoms with van der Waals surface area (Å²) in [4.78, 5) is 20.7. The minimum Gasteiger partial charge on any atom is -0.497 e. The Hall–Kier alpha value is -3.91. The number of methoxy groups -OCH3 is 3. The number of aromatic amines is 1. The van der Waals surface area contributed by atoms with Gasteiger partial charge in [-0.2, -0.15) is 0 Å². The van der Waals surface area contributed by atoms with E-state index >= 15 is 0 Å². The highest BCUT2D eigenvalue weighted by Crippen LogP contribution is 2.34. The fourth-order valence-electron chi connectivity index (χ4n) is 3.50. The quantitative estimate of drug-likeness (QED) is 0.233. The molecule has 8 heteroatoms. The number of nitrogens with zero attached hydrogens (tertiary/aromatic N) is 1. The lowest BCUT2D eigenvalue weighted by molar-refractivity contribution is 0.0956. The molecule has 1 amide bonds. The van der Waals surface area contributed by atoms with Crippen LogP contribution >= 0.6 is 11.8 Å². The van der Waals surface area contributed by atoms with Crippen LogP contribution in [0.1, 0.15) is 10.4 Å². The molecule has 7 nitrogen and oxygen atoms in total. The van der Waals surface area contributed by atoms with Gasteiger partial charge in [-0.3, -0.25) is 4.79 Å². The molecule has 0 radical (unpaired) electrons. The molecule has 0 saturated carbocycles. The number of benzene rings is 3. The van der Waals surface area contributed by atoms with Crippen LogP contribution in [0.4, 0.5) is 0 Å². The van der Waals surface area contributed by atoms with Crippen LogP contribution in [-0.4, -0.2) is 49.5 Å². The Kier molecular flexibility index (Phi) is 7.95. The molecule has 1 heterocycles. The Morgan fingerprint density at radius 1 is 0.800 bits per heavy atom. The average Bonchev–Trinajstić information content (AvgIpc) is 3.35. The van der Waals surface area contributed by atoms with Crippen LogP contribution in [0.2, 0.25) is 0 Å². The van der Waals surface area contributed by atoms with Crippen LogP contribution in [0.25, 0.3) is 22.5 Å². The minimum atomic E-state index is -0.120. The molecule has 1 aromatic heterocycles. The summed E-state index contributed by atoms with van der Waals surface area (Å²) in [5, 5.41) is 3.72. The summed E-state index contributed by atoms with van der Waals surface area (Å²) in [6.07, 6.45) is 0. The number of hydrogen-bond donors (Lipinski definition) is 2. The van der Waals surface area contributed by atoms with Crippen LogP contribution in [-0.2, 0) is 0 Å². The van der Waals surface area contributed by atoms with Crippen LogP contribution < -0.4 is 19.5 Å². The number of carbonyl (C=O) groups is 1. The number of hydrogen-bond acceptors (Lipinski definition) is 6. The van der Waals surface area contributed by atoms with Crippen LogP contribution in [0.15, 0.2) is 78.0 Å². The molecule has 35 heavy (non-hydrogen) atoms. The van der Waals surface area contributed by atoms with E-state index in [4.69, 9.17) is 19.2 Å². The SMILES string of the molecule is COc1ccc(C(=O)NCCSc2nc(-c3ccc(OC)cc3)c(-c3ccc(OC)cc3)[nH]2)cc1. The largest absolute Gasteiger partial charge is 0.497 e. The predicted molar refractivity (Wildman–Crippen MR) is 139 cm³/mol. The number of carbonyl (C=O) groups excluding carboxylic acids is 1. The third-order valence-corrected chi connectivity index (χ3v) is 6.28. The number of imidazole rings is 1. The van der Waals surface area contributed by atoms with Gasteiger partial charge in [-0.25, -0.2) is 4.98 Å². The summed E-state index contributed by atoms with van der Waals surface area (Å²) in [5.74, 6) is 2.85. The second-order valence-electron chi connectivity index (χ2n) is 7.56. The topological polar surface area (TPSA) is 85.5 Å². The number of amides is 1. The average molecular weight is 490 g/mol. The van der Waals surface area contributed by atoms with E-state index in [2.05, 4.69) is 10.3 Å². The van der Waals surface area contributed by atoms with Crippen molar-refractivity contribution in [1.29, 1.82) is 0 Å². The maximum absolute atomic E-state index is 12.4. The summed E-state index contributed by atoms with van der Waals surface area (Å²) < 4.78 is 15.7. The molecule has 2 N–H and O–H groups in total. The molecule has 3 aromatic carbocycles. The van der Waals surface area contributed by atoms with E-state index in [9.17, 15) is 4.79 Å². The molecule has 0 unspecified atom stereocenters. The molecular formula is C27H27N3O4S. The van der Waals surface area contributed by atoms with E-state index in [1.54, 1.807) is 57.4 Å². The minimum absolute atomic E-state index is 0.120. The highest BCUT2D eigenvalue weighted by molar-refractivity contribution is 7.99. The molecule has 0 aliphatic carbocycles. The van der Waals surface area contributed by atoms with Crippen molar-refractivity contribution in [1.82, 2.24) is 15.3 Å². The van der Waals surface area contributed by atoms with E-state index in [1.807, 2.05) is 48.5 Å². The van der Waals surface area contributed by atoms with Crippen LogP contribution in [0.3, 0.4) is 0 Å². The van der Waals surface area contributed by atoms with Gasteiger partial charge in [0.15, 0.2) is 5.16 Å². The first-order valence-electron chi connectivity index (χ1n) is 11.0. The van der Waals surface area contributed by atoms with E-state index in [0.29, 0.717) is 17.9 Å². The molecule has 180 valence electrons. The van der Waals surface area contributed by atoms with Gasteiger partial charge in [0.1, 0.15) is 17.2 Å². The monoisotopic (exact) mass is 489 g/mol. The van der Waals surface area contributed by atoms with Crippen molar-refractivity contribution < 1.29 is 19.0 Å². The first kappa shape index (κ1) is 24.2. The van der Waals surface area contributed by atoms with Gasteiger partial charge < -0.3 is 24.5 Å². The van der Waals surface area contributed by atoms with Crippen molar-refractivity contribution in [3.05, 3.63) is 78.4 Å². The molecule has 0 atom stereocenters. The number of H-pyrrole nitrogens is 1. The van der Waals surface area contributed by atoms with Gasteiger partial charge in [-0.05, 0) is 72.8 Å². The molecule has 0 aliphatic rings. The summed E-state index contributed by atoms with van der Waals surface area (Å²) in [6, 6.07) is 22.7. The third-order valence-electron chi connectivity index (χ3n) is 5.40. The molecule has 0 bridgehead atoms. The third kappa shape index (κ3) is 5.96. The van der Waals surface area contributed by atoms with E-state index in [0.717, 1.165) is 44.9 Å². The maximum Gasteiger partial charge on any atom is 0.251 e. The van der Waals surface area contributed by atoms with Gasteiger partial charge in [-0.1, -0.05) is 11.8 Å². The van der Waals surface area contributed by atoms with E-state index < -0.39 is 0 Å². The summed E-state index contributed by atoms with van der Waals surface area (Å²) in [5.41, 5.74) is 4.35. The van der Waals surface area contributed by atoms with E-state index in [1.165, 1.54) is 0 Å². The zero-order chi connectivity index (χ0) is 24.6. The van der Waals surface area contributed by atoms with Gasteiger partial charge >= 0.3 is 0 Å². The lowest BCUT2D eigenvalue weighted by Gasteiger charge is -2.06. The Bertz CT molecular complexity index is 1190. The summed E-state index contributed by atoms with van der Waals surface area (Å²) in [7, 11) is 4.89.